The fourth-order valence-electron chi connectivity index (χ4n) is 1.16. The zero-order valence-corrected chi connectivity index (χ0v) is 8.70. The van der Waals surface area contributed by atoms with Gasteiger partial charge in [-0.25, -0.2) is 0 Å². The molecule has 2 N–H and O–H groups in total. The van der Waals surface area contributed by atoms with Crippen LogP contribution in [-0.4, -0.2) is 23.9 Å². The molecule has 0 aromatic rings. The van der Waals surface area contributed by atoms with Crippen molar-refractivity contribution < 1.29 is 4.79 Å². The number of amides is 1. The van der Waals surface area contributed by atoms with E-state index in [1.54, 1.807) is 12.2 Å². The monoisotopic (exact) mass is 194 g/mol. The summed E-state index contributed by atoms with van der Waals surface area (Å²) in [7, 11) is 0. The Morgan fingerprint density at radius 3 is 2.14 bits per heavy atom. The highest BCUT2D eigenvalue weighted by atomic mass is 16.1. The molecule has 0 saturated heterocycles. The van der Waals surface area contributed by atoms with Crippen molar-refractivity contribution in [2.24, 2.45) is 5.73 Å². The zero-order chi connectivity index (χ0) is 11.0. The predicted molar refractivity (Wildman–Crippen MR) is 59.5 cm³/mol. The van der Waals surface area contributed by atoms with Crippen molar-refractivity contribution in [3.8, 4) is 0 Å². The van der Waals surface area contributed by atoms with E-state index in [0.717, 1.165) is 6.42 Å². The van der Waals surface area contributed by atoms with Crippen LogP contribution >= 0.6 is 0 Å². The highest BCUT2D eigenvalue weighted by molar-refractivity contribution is 5.91. The number of primary amides is 1. The summed E-state index contributed by atoms with van der Waals surface area (Å²) in [6.07, 6.45) is 6.06. The number of nitrogens with two attached hydrogens (primary N) is 1. The fraction of sp³-hybridized carbons (Fsp3) is 0.364. The van der Waals surface area contributed by atoms with E-state index in [1.165, 1.54) is 0 Å². The molecule has 1 amide bonds. The second kappa shape index (κ2) is 6.95. The van der Waals surface area contributed by atoms with Crippen LogP contribution in [-0.2, 0) is 4.79 Å². The van der Waals surface area contributed by atoms with Gasteiger partial charge in [0.05, 0.1) is 5.70 Å². The van der Waals surface area contributed by atoms with E-state index in [0.29, 0.717) is 18.8 Å². The standard InChI is InChI=1S/C11H18N2O/c1-4-7-10(11(12)14)13(8-5-2)9-6-3/h5-7H,2-4,8-9H2,1H3,(H2,12,14)/b10-7+. The van der Waals surface area contributed by atoms with Crippen molar-refractivity contribution >= 4 is 5.91 Å². The van der Waals surface area contributed by atoms with Gasteiger partial charge < -0.3 is 10.6 Å². The van der Waals surface area contributed by atoms with Crippen LogP contribution in [0.1, 0.15) is 13.3 Å². The number of rotatable bonds is 7. The molecule has 78 valence electrons. The summed E-state index contributed by atoms with van der Waals surface area (Å²) in [6, 6.07) is 0. The SMILES string of the molecule is C=CCN(CC=C)/C(=C/CC)C(N)=O. The molecule has 0 fully saturated rings. The number of nitrogens with zero attached hydrogens (tertiary/aromatic N) is 1. The fourth-order valence-corrected chi connectivity index (χ4v) is 1.16. The van der Waals surface area contributed by atoms with Crippen LogP contribution < -0.4 is 5.73 Å². The Hall–Kier alpha value is -1.51. The van der Waals surface area contributed by atoms with Crippen LogP contribution in [0.5, 0.6) is 0 Å². The first-order chi connectivity index (χ1) is 6.67. The third kappa shape index (κ3) is 3.94. The molecule has 14 heavy (non-hydrogen) atoms. The van der Waals surface area contributed by atoms with Gasteiger partial charge in [-0.05, 0) is 6.42 Å². The summed E-state index contributed by atoms with van der Waals surface area (Å²) >= 11 is 0. The Labute approximate surface area is 85.6 Å². The van der Waals surface area contributed by atoms with Crippen molar-refractivity contribution in [2.45, 2.75) is 13.3 Å². The predicted octanol–water partition coefficient (Wildman–Crippen LogP) is 1.44. The van der Waals surface area contributed by atoms with Crippen LogP contribution in [0.15, 0.2) is 37.1 Å². The van der Waals surface area contributed by atoms with Crippen LogP contribution in [0.4, 0.5) is 0 Å². The maximum atomic E-state index is 11.1. The van der Waals surface area contributed by atoms with E-state index in [1.807, 2.05) is 17.9 Å². The van der Waals surface area contributed by atoms with Gasteiger partial charge >= 0.3 is 0 Å². The molecule has 3 heteroatoms. The average molecular weight is 194 g/mol. The van der Waals surface area contributed by atoms with Crippen molar-refractivity contribution in [1.82, 2.24) is 4.90 Å². The van der Waals surface area contributed by atoms with Gasteiger partial charge in [0.2, 0.25) is 0 Å². The van der Waals surface area contributed by atoms with Crippen molar-refractivity contribution in [3.63, 3.8) is 0 Å². The lowest BCUT2D eigenvalue weighted by molar-refractivity contribution is -0.116. The van der Waals surface area contributed by atoms with Gasteiger partial charge in [-0.2, -0.15) is 0 Å². The Kier molecular flexibility index (Phi) is 6.20. The molecule has 3 nitrogen and oxygen atoms in total. The van der Waals surface area contributed by atoms with Gasteiger partial charge in [0.15, 0.2) is 0 Å². The van der Waals surface area contributed by atoms with Gasteiger partial charge in [-0.3, -0.25) is 4.79 Å². The molecule has 0 aliphatic carbocycles. The summed E-state index contributed by atoms with van der Waals surface area (Å²) in [5.74, 6) is -0.407. The number of carbonyl (C=O) groups is 1. The van der Waals surface area contributed by atoms with E-state index >= 15 is 0 Å². The topological polar surface area (TPSA) is 46.3 Å². The molecule has 0 spiro atoms. The molecule has 0 aliphatic heterocycles. The van der Waals surface area contributed by atoms with Crippen molar-refractivity contribution in [2.75, 3.05) is 13.1 Å². The summed E-state index contributed by atoms with van der Waals surface area (Å²) in [5.41, 5.74) is 5.80. The Bertz CT molecular complexity index is 234. The number of allylic oxidation sites excluding steroid dienone is 1. The molecular weight excluding hydrogens is 176 g/mol. The molecule has 0 unspecified atom stereocenters. The Morgan fingerprint density at radius 2 is 1.86 bits per heavy atom. The summed E-state index contributed by atoms with van der Waals surface area (Å²) < 4.78 is 0. The minimum absolute atomic E-state index is 0.407. The first-order valence-corrected chi connectivity index (χ1v) is 4.64. The minimum atomic E-state index is -0.407. The lowest BCUT2D eigenvalue weighted by Gasteiger charge is -2.22. The highest BCUT2D eigenvalue weighted by Gasteiger charge is 2.11. The molecule has 0 aliphatic rings. The van der Waals surface area contributed by atoms with Gasteiger partial charge in [-0.1, -0.05) is 25.2 Å². The minimum Gasteiger partial charge on any atom is -0.364 e. The van der Waals surface area contributed by atoms with Gasteiger partial charge in [0.25, 0.3) is 5.91 Å². The van der Waals surface area contributed by atoms with Crippen LogP contribution in [0.25, 0.3) is 0 Å². The Balaban J connectivity index is 4.70. The lowest BCUT2D eigenvalue weighted by Crippen LogP contribution is -2.31. The second-order valence-electron chi connectivity index (χ2n) is 2.84. The van der Waals surface area contributed by atoms with Crippen LogP contribution in [0.2, 0.25) is 0 Å². The van der Waals surface area contributed by atoms with E-state index < -0.39 is 5.91 Å². The van der Waals surface area contributed by atoms with Crippen LogP contribution in [0.3, 0.4) is 0 Å². The molecule has 0 aromatic carbocycles. The quantitative estimate of drug-likeness (QED) is 0.492. The van der Waals surface area contributed by atoms with E-state index in [9.17, 15) is 4.79 Å². The van der Waals surface area contributed by atoms with Crippen molar-refractivity contribution in [1.29, 1.82) is 0 Å². The molecule has 0 radical (unpaired) electrons. The average Bonchev–Trinajstić information content (AvgIpc) is 2.13. The van der Waals surface area contributed by atoms with Crippen LogP contribution in [0, 0.1) is 0 Å². The zero-order valence-electron chi connectivity index (χ0n) is 8.70. The molecule has 0 bridgehead atoms. The molecule has 0 rings (SSSR count). The van der Waals surface area contributed by atoms with Crippen molar-refractivity contribution in [3.05, 3.63) is 37.1 Å². The Morgan fingerprint density at radius 1 is 1.36 bits per heavy atom. The highest BCUT2D eigenvalue weighted by Crippen LogP contribution is 2.05. The number of hydrogen-bond donors (Lipinski definition) is 1. The van der Waals surface area contributed by atoms with E-state index in [4.69, 9.17) is 5.73 Å². The molecule has 0 aromatic heterocycles. The normalized spacial score (nSPS) is 10.8. The maximum absolute atomic E-state index is 11.1. The first-order valence-electron chi connectivity index (χ1n) is 4.64. The smallest absolute Gasteiger partial charge is 0.264 e. The summed E-state index contributed by atoms with van der Waals surface area (Å²) in [5, 5.41) is 0. The second-order valence-corrected chi connectivity index (χ2v) is 2.84. The lowest BCUT2D eigenvalue weighted by atomic mass is 10.2. The van der Waals surface area contributed by atoms with E-state index in [-0.39, 0.29) is 0 Å². The molecule has 0 heterocycles. The molecular formula is C11H18N2O. The largest absolute Gasteiger partial charge is 0.364 e. The molecule has 0 atom stereocenters. The maximum Gasteiger partial charge on any atom is 0.264 e. The summed E-state index contributed by atoms with van der Waals surface area (Å²) in [4.78, 5) is 13.0. The van der Waals surface area contributed by atoms with Gasteiger partial charge in [-0.15, -0.1) is 13.2 Å². The number of hydrogen-bond acceptors (Lipinski definition) is 2. The van der Waals surface area contributed by atoms with E-state index in [2.05, 4.69) is 13.2 Å². The third-order valence-corrected chi connectivity index (χ3v) is 1.69. The summed E-state index contributed by atoms with van der Waals surface area (Å²) in [6.45, 7) is 10.4. The number of carbonyl (C=O) groups excluding carboxylic acids is 1. The molecule has 0 saturated carbocycles. The first kappa shape index (κ1) is 12.5. The third-order valence-electron chi connectivity index (χ3n) is 1.69. The van der Waals surface area contributed by atoms with Gasteiger partial charge in [0, 0.05) is 13.1 Å². The van der Waals surface area contributed by atoms with Gasteiger partial charge in [0.1, 0.15) is 0 Å².